The van der Waals surface area contributed by atoms with Crippen molar-refractivity contribution in [2.45, 2.75) is 0 Å². The highest BCUT2D eigenvalue weighted by Crippen LogP contribution is 2.21. The van der Waals surface area contributed by atoms with E-state index >= 15 is 0 Å². The first-order chi connectivity index (χ1) is 10.6. The van der Waals surface area contributed by atoms with Crippen LogP contribution in [0.2, 0.25) is 5.02 Å². The van der Waals surface area contributed by atoms with Crippen LogP contribution in [0.5, 0.6) is 0 Å². The second-order valence-corrected chi connectivity index (χ2v) is 5.30. The summed E-state index contributed by atoms with van der Waals surface area (Å²) in [6.07, 6.45) is 2.75. The summed E-state index contributed by atoms with van der Waals surface area (Å²) < 4.78 is 13.7. The van der Waals surface area contributed by atoms with Crippen LogP contribution in [0, 0.1) is 5.82 Å². The van der Waals surface area contributed by atoms with E-state index in [-0.39, 0.29) is 16.4 Å². The molecular weight excluding hydrogens is 299 g/mol. The lowest BCUT2D eigenvalue weighted by Gasteiger charge is -2.01. The highest BCUT2D eigenvalue weighted by molar-refractivity contribution is 6.32. The summed E-state index contributed by atoms with van der Waals surface area (Å²) in [6, 6.07) is 17.7. The van der Waals surface area contributed by atoms with Crippen LogP contribution in [0.4, 0.5) is 4.39 Å². The summed E-state index contributed by atoms with van der Waals surface area (Å²) >= 11 is 5.93. The molecule has 3 aromatic rings. The predicted molar refractivity (Wildman–Crippen MR) is 88.7 cm³/mol. The van der Waals surface area contributed by atoms with Gasteiger partial charge in [0.15, 0.2) is 5.78 Å². The summed E-state index contributed by atoms with van der Waals surface area (Å²) in [5.74, 6) is -0.639. The zero-order valence-electron chi connectivity index (χ0n) is 11.6. The van der Waals surface area contributed by atoms with Crippen LogP contribution in [0.25, 0.3) is 16.8 Å². The van der Waals surface area contributed by atoms with Crippen molar-refractivity contribution >= 4 is 34.2 Å². The number of allylic oxidation sites excluding steroid dienone is 1. The largest absolute Gasteiger partial charge is 0.289 e. The lowest BCUT2D eigenvalue weighted by molar-refractivity contribution is 0.104. The lowest BCUT2D eigenvalue weighted by atomic mass is 10.0. The first-order valence-electron chi connectivity index (χ1n) is 6.80. The van der Waals surface area contributed by atoms with E-state index in [1.807, 2.05) is 36.4 Å². The number of fused-ring (bicyclic) bond motifs is 1. The first-order valence-corrected chi connectivity index (χ1v) is 7.18. The molecule has 108 valence electrons. The minimum Gasteiger partial charge on any atom is -0.289 e. The maximum absolute atomic E-state index is 13.7. The number of ketones is 1. The topological polar surface area (TPSA) is 17.1 Å². The number of hydrogen-bond acceptors (Lipinski definition) is 1. The third-order valence-electron chi connectivity index (χ3n) is 3.44. The van der Waals surface area contributed by atoms with Crippen LogP contribution in [0.15, 0.2) is 66.7 Å². The zero-order chi connectivity index (χ0) is 15.5. The Morgan fingerprint density at radius 3 is 2.50 bits per heavy atom. The fraction of sp³-hybridized carbons (Fsp3) is 0. The van der Waals surface area contributed by atoms with Crippen LogP contribution in [0.1, 0.15) is 15.9 Å². The summed E-state index contributed by atoms with van der Waals surface area (Å²) in [4.78, 5) is 12.2. The molecule has 1 nitrogen and oxygen atoms in total. The van der Waals surface area contributed by atoms with E-state index in [0.717, 1.165) is 10.8 Å². The Bertz CT molecular complexity index is 863. The molecular formula is C19H12ClFO. The van der Waals surface area contributed by atoms with E-state index in [2.05, 4.69) is 0 Å². The Kier molecular flexibility index (Phi) is 4.03. The van der Waals surface area contributed by atoms with Gasteiger partial charge in [-0.05, 0) is 41.1 Å². The summed E-state index contributed by atoms with van der Waals surface area (Å²) in [5.41, 5.74) is 0.778. The Hall–Kier alpha value is -2.45. The second kappa shape index (κ2) is 6.12. The number of carbonyl (C=O) groups is 1. The molecule has 0 amide bonds. The summed E-state index contributed by atoms with van der Waals surface area (Å²) in [5, 5.41) is 2.34. The van der Waals surface area contributed by atoms with Crippen LogP contribution >= 0.6 is 11.6 Å². The number of rotatable bonds is 3. The molecule has 0 unspecified atom stereocenters. The molecule has 0 saturated heterocycles. The second-order valence-electron chi connectivity index (χ2n) is 4.89. The smallest absolute Gasteiger partial charge is 0.185 e. The standard InChI is InChI=1S/C19H12ClFO/c20-17-6-3-7-18(21)16(17)10-11-19(22)15-9-8-13-4-1-2-5-14(13)12-15/h1-12H/b11-10+. The van der Waals surface area contributed by atoms with Crippen molar-refractivity contribution < 1.29 is 9.18 Å². The van der Waals surface area contributed by atoms with E-state index in [1.165, 1.54) is 24.3 Å². The number of carbonyl (C=O) groups excluding carboxylic acids is 1. The van der Waals surface area contributed by atoms with Crippen molar-refractivity contribution in [3.63, 3.8) is 0 Å². The molecule has 0 saturated carbocycles. The number of hydrogen-bond donors (Lipinski definition) is 0. The van der Waals surface area contributed by atoms with Gasteiger partial charge in [0, 0.05) is 11.1 Å². The molecule has 3 heteroatoms. The Labute approximate surface area is 132 Å². The molecule has 0 aliphatic rings. The molecule has 0 aliphatic heterocycles. The van der Waals surface area contributed by atoms with Crippen molar-refractivity contribution in [3.8, 4) is 0 Å². The molecule has 0 bridgehead atoms. The molecule has 0 fully saturated rings. The number of halogens is 2. The van der Waals surface area contributed by atoms with Gasteiger partial charge < -0.3 is 0 Å². The fourth-order valence-corrected chi connectivity index (χ4v) is 2.49. The minimum absolute atomic E-state index is 0.190. The molecule has 3 rings (SSSR count). The lowest BCUT2D eigenvalue weighted by Crippen LogP contribution is -1.94. The molecule has 0 spiro atoms. The van der Waals surface area contributed by atoms with Gasteiger partial charge in [0.05, 0.1) is 5.02 Å². The van der Waals surface area contributed by atoms with Gasteiger partial charge in [-0.2, -0.15) is 0 Å². The molecule has 3 aromatic carbocycles. The van der Waals surface area contributed by atoms with Gasteiger partial charge in [0.2, 0.25) is 0 Å². The molecule has 0 atom stereocenters. The van der Waals surface area contributed by atoms with Gasteiger partial charge in [-0.1, -0.05) is 54.1 Å². The fourth-order valence-electron chi connectivity index (χ4n) is 2.27. The van der Waals surface area contributed by atoms with Crippen LogP contribution in [-0.4, -0.2) is 5.78 Å². The molecule has 0 heterocycles. The first kappa shape index (κ1) is 14.5. The SMILES string of the molecule is O=C(/C=C/c1c(F)cccc1Cl)c1ccc2ccccc2c1. The van der Waals surface area contributed by atoms with Crippen molar-refractivity contribution in [1.29, 1.82) is 0 Å². The average molecular weight is 311 g/mol. The quantitative estimate of drug-likeness (QED) is 0.459. The van der Waals surface area contributed by atoms with Crippen LogP contribution < -0.4 is 0 Å². The Balaban J connectivity index is 1.91. The normalized spacial score (nSPS) is 11.2. The highest BCUT2D eigenvalue weighted by Gasteiger charge is 2.06. The third-order valence-corrected chi connectivity index (χ3v) is 3.76. The van der Waals surface area contributed by atoms with E-state index in [0.29, 0.717) is 5.56 Å². The van der Waals surface area contributed by atoms with Crippen molar-refractivity contribution in [3.05, 3.63) is 88.7 Å². The zero-order valence-corrected chi connectivity index (χ0v) is 12.3. The van der Waals surface area contributed by atoms with Gasteiger partial charge in [-0.25, -0.2) is 4.39 Å². The van der Waals surface area contributed by atoms with Gasteiger partial charge >= 0.3 is 0 Å². The third kappa shape index (κ3) is 2.92. The predicted octanol–water partition coefficient (Wildman–Crippen LogP) is 5.53. The van der Waals surface area contributed by atoms with Gasteiger partial charge in [-0.15, -0.1) is 0 Å². The van der Waals surface area contributed by atoms with Gasteiger partial charge in [0.1, 0.15) is 5.82 Å². The molecule has 22 heavy (non-hydrogen) atoms. The molecule has 0 aliphatic carbocycles. The molecule has 0 radical (unpaired) electrons. The summed E-state index contributed by atoms with van der Waals surface area (Å²) in [6.45, 7) is 0. The van der Waals surface area contributed by atoms with E-state index in [1.54, 1.807) is 12.1 Å². The van der Waals surface area contributed by atoms with Crippen molar-refractivity contribution in [1.82, 2.24) is 0 Å². The summed E-state index contributed by atoms with van der Waals surface area (Å²) in [7, 11) is 0. The van der Waals surface area contributed by atoms with Crippen molar-refractivity contribution in [2.24, 2.45) is 0 Å². The monoisotopic (exact) mass is 310 g/mol. The van der Waals surface area contributed by atoms with Crippen LogP contribution in [-0.2, 0) is 0 Å². The Morgan fingerprint density at radius 1 is 0.955 bits per heavy atom. The Morgan fingerprint density at radius 2 is 1.73 bits per heavy atom. The molecule has 0 N–H and O–H groups in total. The van der Waals surface area contributed by atoms with Crippen LogP contribution in [0.3, 0.4) is 0 Å². The van der Waals surface area contributed by atoms with E-state index in [4.69, 9.17) is 11.6 Å². The number of benzene rings is 3. The average Bonchev–Trinajstić information content (AvgIpc) is 2.53. The van der Waals surface area contributed by atoms with E-state index in [9.17, 15) is 9.18 Å². The molecule has 0 aromatic heterocycles. The van der Waals surface area contributed by atoms with Gasteiger partial charge in [0.25, 0.3) is 0 Å². The minimum atomic E-state index is -0.449. The maximum Gasteiger partial charge on any atom is 0.185 e. The maximum atomic E-state index is 13.7. The van der Waals surface area contributed by atoms with Gasteiger partial charge in [-0.3, -0.25) is 4.79 Å². The highest BCUT2D eigenvalue weighted by atomic mass is 35.5. The van der Waals surface area contributed by atoms with E-state index < -0.39 is 5.82 Å². The van der Waals surface area contributed by atoms with Crippen molar-refractivity contribution in [2.75, 3.05) is 0 Å².